The number of aryl methyl sites for hydroxylation is 1. The van der Waals surface area contributed by atoms with Crippen molar-refractivity contribution < 1.29 is 0 Å². The van der Waals surface area contributed by atoms with Crippen LogP contribution in [0.25, 0.3) is 0 Å². The molecule has 0 aliphatic heterocycles. The van der Waals surface area contributed by atoms with Gasteiger partial charge in [-0.25, -0.2) is 9.97 Å². The highest BCUT2D eigenvalue weighted by molar-refractivity contribution is 5.35. The lowest BCUT2D eigenvalue weighted by Gasteiger charge is -2.10. The fraction of sp³-hybridized carbons (Fsp3) is 0.636. The van der Waals surface area contributed by atoms with Crippen LogP contribution >= 0.6 is 0 Å². The third-order valence-corrected chi connectivity index (χ3v) is 2.28. The molecule has 1 N–H and O–H groups in total. The lowest BCUT2D eigenvalue weighted by Crippen LogP contribution is -2.06. The standard InChI is InChI=1S/C11H19N3/c1-5-8(3)11-13-9(4)7-10(14-11)12-6-2/h7-8H,5-6H2,1-4H3,(H,12,13,14). The highest BCUT2D eigenvalue weighted by Gasteiger charge is 2.07. The van der Waals surface area contributed by atoms with Gasteiger partial charge in [-0.05, 0) is 20.3 Å². The first-order valence-electron chi connectivity index (χ1n) is 5.26. The molecule has 0 radical (unpaired) electrons. The fourth-order valence-corrected chi connectivity index (χ4v) is 1.27. The van der Waals surface area contributed by atoms with Gasteiger partial charge in [-0.2, -0.15) is 0 Å². The predicted octanol–water partition coefficient (Wildman–Crippen LogP) is 2.73. The van der Waals surface area contributed by atoms with Crippen LogP contribution in [0.1, 0.15) is 44.6 Å². The van der Waals surface area contributed by atoms with Crippen molar-refractivity contribution >= 4 is 5.82 Å². The minimum Gasteiger partial charge on any atom is -0.370 e. The van der Waals surface area contributed by atoms with Crippen LogP contribution in [0, 0.1) is 6.92 Å². The van der Waals surface area contributed by atoms with Gasteiger partial charge in [0.1, 0.15) is 11.6 Å². The molecule has 0 amide bonds. The number of anilines is 1. The molecule has 0 fully saturated rings. The summed E-state index contributed by atoms with van der Waals surface area (Å²) in [5, 5.41) is 3.22. The summed E-state index contributed by atoms with van der Waals surface area (Å²) >= 11 is 0. The van der Waals surface area contributed by atoms with E-state index in [1.807, 2.05) is 13.0 Å². The van der Waals surface area contributed by atoms with Gasteiger partial charge in [-0.15, -0.1) is 0 Å². The molecule has 3 nitrogen and oxygen atoms in total. The number of hydrogen-bond acceptors (Lipinski definition) is 3. The van der Waals surface area contributed by atoms with Gasteiger partial charge in [0, 0.05) is 24.2 Å². The van der Waals surface area contributed by atoms with Crippen molar-refractivity contribution in [2.24, 2.45) is 0 Å². The van der Waals surface area contributed by atoms with Gasteiger partial charge >= 0.3 is 0 Å². The molecule has 0 aliphatic rings. The zero-order valence-electron chi connectivity index (χ0n) is 9.46. The topological polar surface area (TPSA) is 37.8 Å². The molecular weight excluding hydrogens is 174 g/mol. The number of aromatic nitrogens is 2. The van der Waals surface area contributed by atoms with Crippen molar-refractivity contribution in [1.82, 2.24) is 9.97 Å². The van der Waals surface area contributed by atoms with Crippen molar-refractivity contribution in [2.75, 3.05) is 11.9 Å². The van der Waals surface area contributed by atoms with E-state index in [0.717, 1.165) is 30.3 Å². The van der Waals surface area contributed by atoms with Crippen molar-refractivity contribution in [3.63, 3.8) is 0 Å². The van der Waals surface area contributed by atoms with Crippen molar-refractivity contribution in [3.05, 3.63) is 17.6 Å². The van der Waals surface area contributed by atoms with E-state index in [1.165, 1.54) is 0 Å². The van der Waals surface area contributed by atoms with E-state index in [2.05, 4.69) is 36.1 Å². The van der Waals surface area contributed by atoms with E-state index in [0.29, 0.717) is 5.92 Å². The molecule has 1 atom stereocenters. The second-order valence-corrected chi connectivity index (χ2v) is 3.59. The fourth-order valence-electron chi connectivity index (χ4n) is 1.27. The monoisotopic (exact) mass is 193 g/mol. The van der Waals surface area contributed by atoms with E-state index < -0.39 is 0 Å². The summed E-state index contributed by atoms with van der Waals surface area (Å²) in [6.45, 7) is 9.29. The molecule has 1 heterocycles. The van der Waals surface area contributed by atoms with Gasteiger partial charge in [0.2, 0.25) is 0 Å². The zero-order valence-corrected chi connectivity index (χ0v) is 9.46. The molecule has 1 rings (SSSR count). The van der Waals surface area contributed by atoms with Gasteiger partial charge in [-0.1, -0.05) is 13.8 Å². The van der Waals surface area contributed by atoms with Crippen molar-refractivity contribution in [1.29, 1.82) is 0 Å². The van der Waals surface area contributed by atoms with Crippen LogP contribution in [0.2, 0.25) is 0 Å². The quantitative estimate of drug-likeness (QED) is 0.799. The maximum Gasteiger partial charge on any atom is 0.133 e. The maximum atomic E-state index is 4.47. The van der Waals surface area contributed by atoms with E-state index in [-0.39, 0.29) is 0 Å². The molecule has 14 heavy (non-hydrogen) atoms. The van der Waals surface area contributed by atoms with Crippen LogP contribution < -0.4 is 5.32 Å². The Labute approximate surface area is 86.0 Å². The second-order valence-electron chi connectivity index (χ2n) is 3.59. The maximum absolute atomic E-state index is 4.47. The second kappa shape index (κ2) is 4.94. The van der Waals surface area contributed by atoms with Gasteiger partial charge in [0.05, 0.1) is 0 Å². The Kier molecular flexibility index (Phi) is 3.86. The Morgan fingerprint density at radius 1 is 1.36 bits per heavy atom. The molecule has 0 bridgehead atoms. The van der Waals surface area contributed by atoms with Gasteiger partial charge in [-0.3, -0.25) is 0 Å². The van der Waals surface area contributed by atoms with E-state index in [9.17, 15) is 0 Å². The summed E-state index contributed by atoms with van der Waals surface area (Å²) in [7, 11) is 0. The van der Waals surface area contributed by atoms with Crippen LogP contribution in [0.5, 0.6) is 0 Å². The first kappa shape index (κ1) is 11.0. The summed E-state index contributed by atoms with van der Waals surface area (Å²) in [6.07, 6.45) is 1.08. The molecule has 0 spiro atoms. The Hall–Kier alpha value is -1.12. The van der Waals surface area contributed by atoms with Crippen LogP contribution in [0.4, 0.5) is 5.82 Å². The lowest BCUT2D eigenvalue weighted by molar-refractivity contribution is 0.675. The normalized spacial score (nSPS) is 12.6. The molecule has 0 aliphatic carbocycles. The molecule has 1 unspecified atom stereocenters. The molecule has 78 valence electrons. The third kappa shape index (κ3) is 2.69. The van der Waals surface area contributed by atoms with Gasteiger partial charge < -0.3 is 5.32 Å². The summed E-state index contributed by atoms with van der Waals surface area (Å²) < 4.78 is 0. The SMILES string of the molecule is CCNc1cc(C)nc(C(C)CC)n1. The first-order valence-corrected chi connectivity index (χ1v) is 5.26. The minimum absolute atomic E-state index is 0.437. The van der Waals surface area contributed by atoms with Crippen LogP contribution in [-0.2, 0) is 0 Å². The number of hydrogen-bond donors (Lipinski definition) is 1. The first-order chi connectivity index (χ1) is 6.67. The highest BCUT2D eigenvalue weighted by Crippen LogP contribution is 2.16. The summed E-state index contributed by atoms with van der Waals surface area (Å²) in [5.41, 5.74) is 1.03. The average Bonchev–Trinajstić information content (AvgIpc) is 2.16. The van der Waals surface area contributed by atoms with Crippen molar-refractivity contribution in [2.45, 2.75) is 40.0 Å². The minimum atomic E-state index is 0.437. The molecule has 1 aromatic rings. The third-order valence-electron chi connectivity index (χ3n) is 2.28. The smallest absolute Gasteiger partial charge is 0.133 e. The Morgan fingerprint density at radius 3 is 2.64 bits per heavy atom. The Balaban J connectivity index is 2.94. The average molecular weight is 193 g/mol. The molecule has 3 heteroatoms. The molecule has 0 saturated carbocycles. The molecule has 0 aromatic carbocycles. The van der Waals surface area contributed by atoms with Crippen LogP contribution in [0.3, 0.4) is 0 Å². The van der Waals surface area contributed by atoms with E-state index >= 15 is 0 Å². The lowest BCUT2D eigenvalue weighted by atomic mass is 10.1. The largest absolute Gasteiger partial charge is 0.370 e. The number of rotatable bonds is 4. The molecular formula is C11H19N3. The van der Waals surface area contributed by atoms with Crippen molar-refractivity contribution in [3.8, 4) is 0 Å². The van der Waals surface area contributed by atoms with Crippen LogP contribution in [0.15, 0.2) is 6.07 Å². The Bertz CT molecular complexity index is 297. The highest BCUT2D eigenvalue weighted by atomic mass is 15.0. The number of nitrogens with one attached hydrogen (secondary N) is 1. The summed E-state index contributed by atoms with van der Waals surface area (Å²) in [6, 6.07) is 1.98. The number of nitrogens with zero attached hydrogens (tertiary/aromatic N) is 2. The van der Waals surface area contributed by atoms with E-state index in [1.54, 1.807) is 0 Å². The molecule has 1 aromatic heterocycles. The molecule has 0 saturated heterocycles. The predicted molar refractivity (Wildman–Crippen MR) is 59.6 cm³/mol. The van der Waals surface area contributed by atoms with Crippen LogP contribution in [-0.4, -0.2) is 16.5 Å². The summed E-state index contributed by atoms with van der Waals surface area (Å²) in [5.74, 6) is 2.33. The Morgan fingerprint density at radius 2 is 2.07 bits per heavy atom. The van der Waals surface area contributed by atoms with Gasteiger partial charge in [0.15, 0.2) is 0 Å². The van der Waals surface area contributed by atoms with Gasteiger partial charge in [0.25, 0.3) is 0 Å². The van der Waals surface area contributed by atoms with E-state index in [4.69, 9.17) is 0 Å². The summed E-state index contributed by atoms with van der Waals surface area (Å²) in [4.78, 5) is 8.91. The zero-order chi connectivity index (χ0) is 10.6.